The van der Waals surface area contributed by atoms with Crippen LogP contribution in [0.3, 0.4) is 0 Å². The Hall–Kier alpha value is -1.02. The van der Waals surface area contributed by atoms with Crippen LogP contribution in [-0.4, -0.2) is 7.05 Å². The number of hydrogen-bond donors (Lipinski definition) is 1. The normalized spacial score (nSPS) is 15.0. The molecule has 0 radical (unpaired) electrons. The van der Waals surface area contributed by atoms with Gasteiger partial charge in [0.1, 0.15) is 0 Å². The summed E-state index contributed by atoms with van der Waals surface area (Å²) in [6.45, 7) is 0. The highest BCUT2D eigenvalue weighted by Crippen LogP contribution is 2.29. The average Bonchev–Trinajstić information content (AvgIpc) is 2.95. The number of hydrogen-bond acceptors (Lipinski definition) is 1. The second-order valence-electron chi connectivity index (χ2n) is 5.66. The van der Waals surface area contributed by atoms with Crippen molar-refractivity contribution in [2.45, 2.75) is 31.7 Å². The molecule has 1 unspecified atom stereocenters. The third kappa shape index (κ3) is 3.26. The van der Waals surface area contributed by atoms with Crippen LogP contribution in [-0.2, 0) is 19.3 Å². The third-order valence-electron chi connectivity index (χ3n) is 4.31. The molecule has 1 nitrogen and oxygen atoms in total. The number of nitrogens with one attached hydrogen (secondary N) is 1. The fourth-order valence-electron chi connectivity index (χ4n) is 3.11. The predicted octanol–water partition coefficient (Wildman–Crippen LogP) is 4.99. The van der Waals surface area contributed by atoms with Crippen molar-refractivity contribution in [1.82, 2.24) is 5.32 Å². The van der Waals surface area contributed by atoms with E-state index in [2.05, 4.69) is 23.5 Å². The maximum atomic E-state index is 6.29. The van der Waals surface area contributed by atoms with Crippen LogP contribution >= 0.6 is 23.2 Å². The molecule has 0 amide bonds. The third-order valence-corrected chi connectivity index (χ3v) is 4.91. The summed E-state index contributed by atoms with van der Waals surface area (Å²) in [4.78, 5) is 0. The molecule has 0 aromatic heterocycles. The van der Waals surface area contributed by atoms with E-state index in [9.17, 15) is 0 Å². The smallest absolute Gasteiger partial charge is 0.0439 e. The summed E-state index contributed by atoms with van der Waals surface area (Å²) in [5.74, 6) is 0. The van der Waals surface area contributed by atoms with Crippen molar-refractivity contribution in [2.24, 2.45) is 0 Å². The first-order valence-corrected chi connectivity index (χ1v) is 8.16. The van der Waals surface area contributed by atoms with Crippen molar-refractivity contribution in [3.63, 3.8) is 0 Å². The van der Waals surface area contributed by atoms with Gasteiger partial charge < -0.3 is 5.32 Å². The van der Waals surface area contributed by atoms with Crippen LogP contribution in [0.5, 0.6) is 0 Å². The predicted molar refractivity (Wildman–Crippen MR) is 90.4 cm³/mol. The molecule has 1 atom stereocenters. The summed E-state index contributed by atoms with van der Waals surface area (Å²) in [7, 11) is 2.00. The van der Waals surface area contributed by atoms with Gasteiger partial charge >= 0.3 is 0 Å². The second kappa shape index (κ2) is 6.39. The van der Waals surface area contributed by atoms with Crippen LogP contribution < -0.4 is 5.32 Å². The fourth-order valence-corrected chi connectivity index (χ4v) is 3.50. The van der Waals surface area contributed by atoms with Gasteiger partial charge in [-0.3, -0.25) is 0 Å². The van der Waals surface area contributed by atoms with Gasteiger partial charge in [0.15, 0.2) is 0 Å². The lowest BCUT2D eigenvalue weighted by molar-refractivity contribution is 0.591. The molecule has 0 saturated carbocycles. The van der Waals surface area contributed by atoms with Crippen LogP contribution in [0.4, 0.5) is 0 Å². The molecule has 1 N–H and O–H groups in total. The molecule has 110 valence electrons. The van der Waals surface area contributed by atoms with Crippen molar-refractivity contribution in [3.8, 4) is 0 Å². The van der Waals surface area contributed by atoms with Gasteiger partial charge in [0.25, 0.3) is 0 Å². The van der Waals surface area contributed by atoms with E-state index in [1.54, 1.807) is 0 Å². The highest BCUT2D eigenvalue weighted by Gasteiger charge is 2.16. The molecule has 3 heteroatoms. The summed E-state index contributed by atoms with van der Waals surface area (Å²) in [5.41, 5.74) is 5.43. The summed E-state index contributed by atoms with van der Waals surface area (Å²) in [6, 6.07) is 12.8. The molecule has 3 rings (SSSR count). The zero-order valence-corrected chi connectivity index (χ0v) is 13.6. The molecule has 2 aromatic rings. The molecular weight excluding hydrogens is 301 g/mol. The minimum atomic E-state index is 0.256. The first-order chi connectivity index (χ1) is 10.2. The molecule has 0 heterocycles. The molecule has 0 bridgehead atoms. The van der Waals surface area contributed by atoms with E-state index in [0.29, 0.717) is 0 Å². The summed E-state index contributed by atoms with van der Waals surface area (Å²) >= 11 is 12.4. The highest BCUT2D eigenvalue weighted by atomic mass is 35.5. The lowest BCUT2D eigenvalue weighted by atomic mass is 9.96. The lowest BCUT2D eigenvalue weighted by Crippen LogP contribution is -2.19. The SMILES string of the molecule is CNC(Cc1cc(Cl)ccc1Cl)c1ccc2c(c1)CCC2. The van der Waals surface area contributed by atoms with E-state index in [0.717, 1.165) is 22.0 Å². The Morgan fingerprint density at radius 3 is 2.67 bits per heavy atom. The maximum absolute atomic E-state index is 6.29. The zero-order valence-electron chi connectivity index (χ0n) is 12.1. The van der Waals surface area contributed by atoms with Gasteiger partial charge in [0.05, 0.1) is 0 Å². The molecule has 21 heavy (non-hydrogen) atoms. The minimum Gasteiger partial charge on any atom is -0.313 e. The fraction of sp³-hybridized carbons (Fsp3) is 0.333. The van der Waals surface area contributed by atoms with Gasteiger partial charge in [0.2, 0.25) is 0 Å². The molecular formula is C18H19Cl2N. The van der Waals surface area contributed by atoms with Crippen molar-refractivity contribution in [3.05, 3.63) is 68.7 Å². The van der Waals surface area contributed by atoms with E-state index in [1.807, 2.05) is 25.2 Å². The monoisotopic (exact) mass is 319 g/mol. The molecule has 2 aromatic carbocycles. The standard InChI is InChI=1S/C18H19Cl2N/c1-21-18(11-15-10-16(19)7-8-17(15)20)14-6-5-12-3-2-4-13(12)9-14/h5-10,18,21H,2-4,11H2,1H3. The molecule has 0 aliphatic heterocycles. The van der Waals surface area contributed by atoms with Crippen molar-refractivity contribution in [1.29, 1.82) is 0 Å². The molecule has 0 fully saturated rings. The Balaban J connectivity index is 1.86. The topological polar surface area (TPSA) is 12.0 Å². The first-order valence-electron chi connectivity index (χ1n) is 7.40. The highest BCUT2D eigenvalue weighted by molar-refractivity contribution is 6.33. The number of halogens is 2. The van der Waals surface area contributed by atoms with Gasteiger partial charge in [-0.25, -0.2) is 0 Å². The van der Waals surface area contributed by atoms with E-state index in [-0.39, 0.29) is 6.04 Å². The van der Waals surface area contributed by atoms with Gasteiger partial charge in [-0.05, 0) is 73.2 Å². The van der Waals surface area contributed by atoms with Crippen molar-refractivity contribution in [2.75, 3.05) is 7.05 Å². The van der Waals surface area contributed by atoms with E-state index in [1.165, 1.54) is 36.0 Å². The Morgan fingerprint density at radius 1 is 1.05 bits per heavy atom. The van der Waals surface area contributed by atoms with E-state index in [4.69, 9.17) is 23.2 Å². The van der Waals surface area contributed by atoms with Crippen molar-refractivity contribution >= 4 is 23.2 Å². The summed E-state index contributed by atoms with van der Waals surface area (Å²) in [6.07, 6.45) is 4.55. The van der Waals surface area contributed by atoms with E-state index >= 15 is 0 Å². The van der Waals surface area contributed by atoms with Crippen LogP contribution in [0.25, 0.3) is 0 Å². The second-order valence-corrected chi connectivity index (χ2v) is 6.51. The molecule has 0 spiro atoms. The Labute approximate surface area is 136 Å². The number of rotatable bonds is 4. The number of aryl methyl sites for hydroxylation is 2. The minimum absolute atomic E-state index is 0.256. The zero-order chi connectivity index (χ0) is 14.8. The Kier molecular flexibility index (Phi) is 4.54. The quantitative estimate of drug-likeness (QED) is 0.837. The number of fused-ring (bicyclic) bond motifs is 1. The van der Waals surface area contributed by atoms with Crippen LogP contribution in [0.15, 0.2) is 36.4 Å². The Bertz CT molecular complexity index is 652. The number of likely N-dealkylation sites (N-methyl/N-ethyl adjacent to an activating group) is 1. The largest absolute Gasteiger partial charge is 0.313 e. The summed E-state index contributed by atoms with van der Waals surface area (Å²) < 4.78 is 0. The van der Waals surface area contributed by atoms with Crippen molar-refractivity contribution < 1.29 is 0 Å². The Morgan fingerprint density at radius 2 is 1.86 bits per heavy atom. The van der Waals surface area contributed by atoms with Gasteiger partial charge in [-0.2, -0.15) is 0 Å². The van der Waals surface area contributed by atoms with Crippen LogP contribution in [0.1, 0.15) is 34.7 Å². The van der Waals surface area contributed by atoms with Crippen LogP contribution in [0, 0.1) is 0 Å². The molecule has 1 aliphatic rings. The summed E-state index contributed by atoms with van der Waals surface area (Å²) in [5, 5.41) is 4.92. The van der Waals surface area contributed by atoms with Crippen LogP contribution in [0.2, 0.25) is 10.0 Å². The van der Waals surface area contributed by atoms with Gasteiger partial charge in [-0.15, -0.1) is 0 Å². The maximum Gasteiger partial charge on any atom is 0.0439 e. The average molecular weight is 320 g/mol. The van der Waals surface area contributed by atoms with Gasteiger partial charge in [0, 0.05) is 16.1 Å². The van der Waals surface area contributed by atoms with Gasteiger partial charge in [-0.1, -0.05) is 41.4 Å². The number of benzene rings is 2. The van der Waals surface area contributed by atoms with E-state index < -0.39 is 0 Å². The molecule has 0 saturated heterocycles. The first kappa shape index (κ1) is 14.9. The molecule has 1 aliphatic carbocycles. The lowest BCUT2D eigenvalue weighted by Gasteiger charge is -2.19.